The summed E-state index contributed by atoms with van der Waals surface area (Å²) in [5.41, 5.74) is 6.12. The first kappa shape index (κ1) is 74.0. The molecule has 0 amide bonds. The van der Waals surface area contributed by atoms with E-state index in [4.69, 9.17) is 29.2 Å². The van der Waals surface area contributed by atoms with Crippen molar-refractivity contribution >= 4 is 35.4 Å². The van der Waals surface area contributed by atoms with E-state index in [9.17, 15) is 69.6 Å². The van der Waals surface area contributed by atoms with Gasteiger partial charge in [-0.25, -0.2) is 0 Å². The maximum Gasteiger partial charge on any atom is 0.307 e. The van der Waals surface area contributed by atoms with Crippen LogP contribution in [0.15, 0.2) is 130 Å². The van der Waals surface area contributed by atoms with E-state index in [0.717, 1.165) is 27.9 Å². The van der Waals surface area contributed by atoms with Crippen LogP contribution in [0.4, 0.5) is 0 Å². The van der Waals surface area contributed by atoms with E-state index in [1.54, 1.807) is 13.8 Å². The first-order chi connectivity index (χ1) is 38.3. The van der Waals surface area contributed by atoms with Crippen LogP contribution in [0.5, 0.6) is 0 Å². The summed E-state index contributed by atoms with van der Waals surface area (Å²) in [7, 11) is 0. The van der Waals surface area contributed by atoms with Crippen LogP contribution in [0.3, 0.4) is 0 Å². The van der Waals surface area contributed by atoms with E-state index in [2.05, 4.69) is 0 Å². The summed E-state index contributed by atoms with van der Waals surface area (Å²) in [6.07, 6.45) is 10.4. The minimum Gasteiger partial charge on any atom is -0.463 e. The van der Waals surface area contributed by atoms with E-state index in [1.807, 2.05) is 154 Å². The third-order valence-corrected chi connectivity index (χ3v) is 13.5. The highest BCUT2D eigenvalue weighted by atomic mass is 16.6. The molecule has 20 heteroatoms. The summed E-state index contributed by atoms with van der Waals surface area (Å²) < 4.78 is 20.4. The van der Waals surface area contributed by atoms with Gasteiger partial charge in [-0.05, 0) is 88.5 Å². The van der Waals surface area contributed by atoms with Crippen molar-refractivity contribution in [1.29, 1.82) is 0 Å². The quantitative estimate of drug-likeness (QED) is 0.0279. The summed E-state index contributed by atoms with van der Waals surface area (Å²) in [4.78, 5) is 74.6. The van der Waals surface area contributed by atoms with Crippen LogP contribution in [0.2, 0.25) is 0 Å². The lowest BCUT2D eigenvalue weighted by molar-refractivity contribution is -0.161. The zero-order chi connectivity index (χ0) is 62.7. The van der Waals surface area contributed by atoms with Gasteiger partial charge in [0.2, 0.25) is 0 Å². The smallest absolute Gasteiger partial charge is 0.307 e. The first-order valence-electron chi connectivity index (χ1n) is 27.1. The number of ether oxygens (including phenoxy) is 4. The third-order valence-electron chi connectivity index (χ3n) is 13.5. The number of Topliss-reactive ketones (excluding diaryl/α,β-unsaturated/α-hetero) is 2. The third kappa shape index (κ3) is 25.6. The zero-order valence-corrected chi connectivity index (χ0v) is 49.5. The van der Waals surface area contributed by atoms with E-state index < -0.39 is 129 Å². The Kier molecular flexibility index (Phi) is 32.9. The second kappa shape index (κ2) is 36.5. The fraction of sp³-hybridized carbons (Fsp3) is 0.548. The molecule has 0 heterocycles. The minimum absolute atomic E-state index is 0.259. The Labute approximate surface area is 482 Å². The first-order valence-corrected chi connectivity index (χ1v) is 27.1. The molecule has 82 heavy (non-hydrogen) atoms. The summed E-state index contributed by atoms with van der Waals surface area (Å²) in [6.45, 7) is 20.0. The summed E-state index contributed by atoms with van der Waals surface area (Å²) in [6, 6.07) is 0. The van der Waals surface area contributed by atoms with Gasteiger partial charge in [0.1, 0.15) is 62.0 Å². The van der Waals surface area contributed by atoms with Crippen molar-refractivity contribution in [2.75, 3.05) is 26.4 Å². The molecule has 10 unspecified atom stereocenters. The van der Waals surface area contributed by atoms with Gasteiger partial charge in [-0.3, -0.25) is 28.8 Å². The molecular weight excluding hydrogens is 1060 g/mol. The molecule has 20 nitrogen and oxygen atoms in total. The number of carbonyl (C=O) groups excluding carboxylic acids is 6. The Morgan fingerprint density at radius 1 is 0.500 bits per heavy atom. The standard InChI is InChI=1S/C37H52O10.C25H38O10/c1-8-12-24(2)13-9-10-14-25(3)15-11-16-26(4)17-18-28-27(5)34(43)31(21-37(28,6)7)47-33(42)20-19-32(41)46-23-30(40)36(45)35(44)29(39)22-38;1-6-14(2)7-8-16-15(3)22(31)19(11-25(16,4)5)35-21(30)10-9-20(29)34-13-18(28)24(33)23(32)17(27)12-26/h8-18,29-31,35-36,38-40,44-45H,19-23H2,1-7H3;6-8,17-19,23-24,26-28,32-33H,9-13H2,1-5H3/b10-9+,12-8+,15-11+,18-17+,24-13+,25-14+,26-16+;8-7+,14-6+. The van der Waals surface area contributed by atoms with Gasteiger partial charge in [-0.2, -0.15) is 0 Å². The topological polar surface area (TPSA) is 342 Å². The van der Waals surface area contributed by atoms with Gasteiger partial charge in [0, 0.05) is 12.8 Å². The monoisotopic (exact) mass is 1150 g/mol. The van der Waals surface area contributed by atoms with Gasteiger partial charge in [0.05, 0.1) is 38.9 Å². The number of carbonyl (C=O) groups is 6. The van der Waals surface area contributed by atoms with Crippen LogP contribution < -0.4 is 0 Å². The van der Waals surface area contributed by atoms with Crippen LogP contribution in [0.1, 0.15) is 122 Å². The fourth-order valence-electron chi connectivity index (χ4n) is 8.38. The molecule has 0 aromatic carbocycles. The Balaban J connectivity index is 0.000000856. The second-order valence-corrected chi connectivity index (χ2v) is 21.6. The molecule has 2 rings (SSSR count). The Hall–Kier alpha value is -6.04. The molecule has 0 aromatic heterocycles. The normalized spacial score (nSPS) is 21.3. The molecule has 2 aliphatic carbocycles. The van der Waals surface area contributed by atoms with Crippen LogP contribution in [-0.2, 0) is 47.7 Å². The lowest BCUT2D eigenvalue weighted by atomic mass is 9.71. The van der Waals surface area contributed by atoms with Crippen LogP contribution >= 0.6 is 0 Å². The number of allylic oxidation sites excluding steroid dienone is 20. The molecule has 0 bridgehead atoms. The van der Waals surface area contributed by atoms with Gasteiger partial charge in [0.15, 0.2) is 23.8 Å². The maximum absolute atomic E-state index is 13.1. The van der Waals surface area contributed by atoms with Gasteiger partial charge in [0.25, 0.3) is 0 Å². The molecule has 2 aliphatic rings. The number of rotatable bonds is 29. The van der Waals surface area contributed by atoms with Crippen molar-refractivity contribution < 1.29 is 98.8 Å². The summed E-state index contributed by atoms with van der Waals surface area (Å²) >= 11 is 0. The lowest BCUT2D eigenvalue weighted by Crippen LogP contribution is -2.47. The largest absolute Gasteiger partial charge is 0.463 e. The molecule has 0 spiro atoms. The van der Waals surface area contributed by atoms with Crippen molar-refractivity contribution in [3.8, 4) is 0 Å². The molecule has 0 aromatic rings. The van der Waals surface area contributed by atoms with Crippen molar-refractivity contribution in [2.24, 2.45) is 10.8 Å². The van der Waals surface area contributed by atoms with Gasteiger partial charge in [-0.1, -0.05) is 135 Å². The average molecular weight is 1160 g/mol. The Morgan fingerprint density at radius 2 is 0.829 bits per heavy atom. The highest BCUT2D eigenvalue weighted by Crippen LogP contribution is 2.42. The number of hydrogen-bond acceptors (Lipinski definition) is 20. The van der Waals surface area contributed by atoms with Crippen LogP contribution in [0.25, 0.3) is 0 Å². The lowest BCUT2D eigenvalue weighted by Gasteiger charge is -2.36. The molecule has 0 aliphatic heterocycles. The van der Waals surface area contributed by atoms with Gasteiger partial charge >= 0.3 is 23.9 Å². The SMILES string of the molecule is C/C=C(C)/C=C/C1=C(C)C(=O)C(OC(=O)CCC(=O)OCC(O)C(O)C(O)C(O)CO)CC1(C)C.C/C=C/C(C)=C/C=C/C=C(C)/C=C/C=C(C)/C=C/C1=C(C)C(=O)C(OC(=O)CCC(=O)OCC(O)C(O)C(O)C(O)CO)CC1(C)C. The van der Waals surface area contributed by atoms with Crippen molar-refractivity contribution in [3.05, 3.63) is 130 Å². The Bertz CT molecular complexity index is 2510. The number of esters is 4. The van der Waals surface area contributed by atoms with E-state index >= 15 is 0 Å². The van der Waals surface area contributed by atoms with E-state index in [1.165, 1.54) is 5.57 Å². The van der Waals surface area contributed by atoms with Crippen molar-refractivity contribution in [2.45, 2.75) is 183 Å². The zero-order valence-electron chi connectivity index (χ0n) is 49.5. The van der Waals surface area contributed by atoms with Crippen LogP contribution in [0, 0.1) is 10.8 Å². The molecule has 0 fully saturated rings. The minimum atomic E-state index is -1.88. The molecule has 10 N–H and O–H groups in total. The number of ketones is 2. The molecular formula is C62H90O20. The number of aliphatic hydroxyl groups is 10. The van der Waals surface area contributed by atoms with Gasteiger partial charge < -0.3 is 70.0 Å². The summed E-state index contributed by atoms with van der Waals surface area (Å²) in [5.74, 6) is -3.88. The molecule has 10 atom stereocenters. The predicted molar refractivity (Wildman–Crippen MR) is 307 cm³/mol. The average Bonchev–Trinajstić information content (AvgIpc) is 3.60. The molecule has 0 saturated carbocycles. The Morgan fingerprint density at radius 3 is 1.20 bits per heavy atom. The highest BCUT2D eigenvalue weighted by Gasteiger charge is 2.41. The number of aliphatic hydroxyl groups excluding tert-OH is 10. The van der Waals surface area contributed by atoms with E-state index in [-0.39, 0.29) is 37.2 Å². The predicted octanol–water partition coefficient (Wildman–Crippen LogP) is 4.55. The van der Waals surface area contributed by atoms with Gasteiger partial charge in [-0.15, -0.1) is 0 Å². The van der Waals surface area contributed by atoms with Crippen molar-refractivity contribution in [1.82, 2.24) is 0 Å². The second-order valence-electron chi connectivity index (χ2n) is 21.6. The van der Waals surface area contributed by atoms with Crippen LogP contribution in [-0.4, -0.2) is 174 Å². The number of hydrogen-bond donors (Lipinski definition) is 10. The molecule has 0 saturated heterocycles. The molecule has 0 radical (unpaired) electrons. The van der Waals surface area contributed by atoms with E-state index in [0.29, 0.717) is 17.6 Å². The molecule has 458 valence electrons. The summed E-state index contributed by atoms with van der Waals surface area (Å²) in [5, 5.41) is 94.5. The maximum atomic E-state index is 13.1. The highest BCUT2D eigenvalue weighted by molar-refractivity contribution is 6.02. The fourth-order valence-corrected chi connectivity index (χ4v) is 8.38. The van der Waals surface area contributed by atoms with Crippen molar-refractivity contribution in [3.63, 3.8) is 0 Å².